The number of rotatable bonds is 6. The second-order valence-corrected chi connectivity index (χ2v) is 5.06. The van der Waals surface area contributed by atoms with Crippen LogP contribution in [0.15, 0.2) is 55.1 Å². The maximum absolute atomic E-state index is 12.5. The summed E-state index contributed by atoms with van der Waals surface area (Å²) in [7, 11) is 1.30. The Bertz CT molecular complexity index is 901. The van der Waals surface area contributed by atoms with E-state index in [4.69, 9.17) is 4.74 Å². The predicted molar refractivity (Wildman–Crippen MR) is 88.9 cm³/mol. The Kier molecular flexibility index (Phi) is 5.07. The lowest BCUT2D eigenvalue weighted by molar-refractivity contribution is -0.0512. The number of nitrogens with zero attached hydrogens (tertiary/aromatic N) is 3. The number of aromatic nitrogens is 3. The molecule has 0 aliphatic rings. The van der Waals surface area contributed by atoms with Crippen LogP contribution in [0.3, 0.4) is 0 Å². The van der Waals surface area contributed by atoms with Gasteiger partial charge in [-0.2, -0.15) is 13.9 Å². The normalized spacial score (nSPS) is 10.6. The van der Waals surface area contributed by atoms with Crippen molar-refractivity contribution in [2.24, 2.45) is 0 Å². The summed E-state index contributed by atoms with van der Waals surface area (Å²) >= 11 is 0. The second-order valence-electron chi connectivity index (χ2n) is 5.06. The first-order valence-corrected chi connectivity index (χ1v) is 7.46. The molecule has 2 aromatic carbocycles. The zero-order chi connectivity index (χ0) is 18.5. The van der Waals surface area contributed by atoms with Crippen molar-refractivity contribution < 1.29 is 23.0 Å². The Morgan fingerprint density at radius 1 is 1.19 bits per heavy atom. The molecule has 3 rings (SSSR count). The quantitative estimate of drug-likeness (QED) is 0.731. The Hall–Kier alpha value is -3.49. The van der Waals surface area contributed by atoms with Crippen LogP contribution in [-0.4, -0.2) is 34.4 Å². The van der Waals surface area contributed by atoms with E-state index in [2.05, 4.69) is 20.1 Å². The molecule has 9 heteroatoms. The largest absolute Gasteiger partial charge is 0.493 e. The molecule has 1 amide bonds. The van der Waals surface area contributed by atoms with Gasteiger partial charge in [-0.15, -0.1) is 0 Å². The molecule has 0 saturated heterocycles. The number of methoxy groups -OCH3 is 1. The van der Waals surface area contributed by atoms with E-state index in [1.807, 2.05) is 0 Å². The van der Waals surface area contributed by atoms with Crippen LogP contribution in [0, 0.1) is 0 Å². The van der Waals surface area contributed by atoms with Gasteiger partial charge in [0.05, 0.1) is 18.5 Å². The Labute approximate surface area is 147 Å². The van der Waals surface area contributed by atoms with Crippen molar-refractivity contribution in [1.29, 1.82) is 0 Å². The number of alkyl halides is 2. The predicted octanol–water partition coefficient (Wildman–Crippen LogP) is 3.13. The molecule has 0 aliphatic carbocycles. The van der Waals surface area contributed by atoms with Crippen molar-refractivity contribution in [3.63, 3.8) is 0 Å². The summed E-state index contributed by atoms with van der Waals surface area (Å²) in [5.41, 5.74) is 1.36. The lowest BCUT2D eigenvalue weighted by Gasteiger charge is -2.13. The first kappa shape index (κ1) is 17.3. The maximum atomic E-state index is 12.5. The highest BCUT2D eigenvalue weighted by Gasteiger charge is 2.15. The fourth-order valence-electron chi connectivity index (χ4n) is 2.31. The molecule has 1 aromatic heterocycles. The molecule has 0 unspecified atom stereocenters. The van der Waals surface area contributed by atoms with E-state index >= 15 is 0 Å². The SMILES string of the molecule is COc1cc(C(=O)Nc2ccccc2-n2cncn2)ccc1OC(F)F. The highest BCUT2D eigenvalue weighted by Crippen LogP contribution is 2.30. The Morgan fingerprint density at radius 3 is 2.69 bits per heavy atom. The zero-order valence-electron chi connectivity index (χ0n) is 13.6. The third kappa shape index (κ3) is 3.77. The topological polar surface area (TPSA) is 78.3 Å². The Morgan fingerprint density at radius 2 is 2.00 bits per heavy atom. The molecular weight excluding hydrogens is 346 g/mol. The van der Waals surface area contributed by atoms with Crippen LogP contribution in [-0.2, 0) is 0 Å². The number of amides is 1. The number of ether oxygens (including phenoxy) is 2. The second kappa shape index (κ2) is 7.60. The van der Waals surface area contributed by atoms with Crippen molar-refractivity contribution in [2.75, 3.05) is 12.4 Å². The molecule has 0 fully saturated rings. The van der Waals surface area contributed by atoms with Gasteiger partial charge in [0.2, 0.25) is 0 Å². The van der Waals surface area contributed by atoms with Crippen LogP contribution in [0.4, 0.5) is 14.5 Å². The molecule has 0 spiro atoms. The number of hydrogen-bond acceptors (Lipinski definition) is 5. The average Bonchev–Trinajstić information content (AvgIpc) is 3.16. The smallest absolute Gasteiger partial charge is 0.387 e. The molecule has 0 atom stereocenters. The molecule has 0 aliphatic heterocycles. The van der Waals surface area contributed by atoms with Crippen LogP contribution < -0.4 is 14.8 Å². The van der Waals surface area contributed by atoms with E-state index in [0.29, 0.717) is 11.4 Å². The number of anilines is 1. The van der Waals surface area contributed by atoms with Crippen molar-refractivity contribution in [3.8, 4) is 17.2 Å². The summed E-state index contributed by atoms with van der Waals surface area (Å²) in [6, 6.07) is 11.0. The highest BCUT2D eigenvalue weighted by molar-refractivity contribution is 6.05. The first-order valence-electron chi connectivity index (χ1n) is 7.46. The fraction of sp³-hybridized carbons (Fsp3) is 0.118. The molecule has 0 bridgehead atoms. The summed E-state index contributed by atoms with van der Waals surface area (Å²) in [5, 5.41) is 6.79. The van der Waals surface area contributed by atoms with Gasteiger partial charge in [0, 0.05) is 5.56 Å². The molecular formula is C17H14F2N4O3. The van der Waals surface area contributed by atoms with E-state index in [0.717, 1.165) is 0 Å². The molecule has 3 aromatic rings. The van der Waals surface area contributed by atoms with Crippen LogP contribution in [0.2, 0.25) is 0 Å². The van der Waals surface area contributed by atoms with Gasteiger partial charge in [-0.25, -0.2) is 9.67 Å². The van der Waals surface area contributed by atoms with Gasteiger partial charge in [-0.3, -0.25) is 4.79 Å². The summed E-state index contributed by atoms with van der Waals surface area (Å²) in [4.78, 5) is 16.4. The lowest BCUT2D eigenvalue weighted by atomic mass is 10.1. The van der Waals surface area contributed by atoms with Gasteiger partial charge in [-0.05, 0) is 30.3 Å². The number of nitrogens with one attached hydrogen (secondary N) is 1. The minimum Gasteiger partial charge on any atom is -0.493 e. The van der Waals surface area contributed by atoms with Crippen LogP contribution in [0.1, 0.15) is 10.4 Å². The van der Waals surface area contributed by atoms with Gasteiger partial charge in [0.1, 0.15) is 12.7 Å². The van der Waals surface area contributed by atoms with E-state index in [1.54, 1.807) is 24.3 Å². The van der Waals surface area contributed by atoms with Gasteiger partial charge in [0.25, 0.3) is 5.91 Å². The standard InChI is InChI=1S/C17H14F2N4O3/c1-25-15-8-11(6-7-14(15)26-17(18)19)16(24)22-12-4-2-3-5-13(12)23-10-20-9-21-23/h2-10,17H,1H3,(H,22,24). The summed E-state index contributed by atoms with van der Waals surface area (Å²) in [5.74, 6) is -0.566. The number of hydrogen-bond donors (Lipinski definition) is 1. The van der Waals surface area contributed by atoms with E-state index < -0.39 is 12.5 Å². The van der Waals surface area contributed by atoms with Gasteiger partial charge in [0.15, 0.2) is 11.5 Å². The third-order valence-corrected chi connectivity index (χ3v) is 3.46. The number of benzene rings is 2. The first-order chi connectivity index (χ1) is 12.6. The van der Waals surface area contributed by atoms with Crippen molar-refractivity contribution in [3.05, 3.63) is 60.7 Å². The number of carbonyl (C=O) groups is 1. The minimum atomic E-state index is -2.99. The van der Waals surface area contributed by atoms with Crippen molar-refractivity contribution in [1.82, 2.24) is 14.8 Å². The number of carbonyl (C=O) groups excluding carboxylic acids is 1. The van der Waals surface area contributed by atoms with Crippen molar-refractivity contribution >= 4 is 11.6 Å². The molecule has 0 saturated carbocycles. The Balaban J connectivity index is 1.85. The monoisotopic (exact) mass is 360 g/mol. The van der Waals surface area contributed by atoms with Gasteiger partial charge < -0.3 is 14.8 Å². The third-order valence-electron chi connectivity index (χ3n) is 3.46. The molecule has 26 heavy (non-hydrogen) atoms. The molecule has 134 valence electrons. The summed E-state index contributed by atoms with van der Waals surface area (Å²) in [6.45, 7) is -2.99. The molecule has 1 N–H and O–H groups in total. The summed E-state index contributed by atoms with van der Waals surface area (Å²) < 4.78 is 35.7. The van der Waals surface area contributed by atoms with Gasteiger partial charge in [-0.1, -0.05) is 12.1 Å². The maximum Gasteiger partial charge on any atom is 0.387 e. The van der Waals surface area contributed by atoms with Crippen LogP contribution in [0.5, 0.6) is 11.5 Å². The highest BCUT2D eigenvalue weighted by atomic mass is 19.3. The molecule has 1 heterocycles. The van der Waals surface area contributed by atoms with Gasteiger partial charge >= 0.3 is 6.61 Å². The van der Waals surface area contributed by atoms with Crippen LogP contribution in [0.25, 0.3) is 5.69 Å². The number of halogens is 2. The van der Waals surface area contributed by atoms with Crippen LogP contribution >= 0.6 is 0 Å². The van der Waals surface area contributed by atoms with Crippen molar-refractivity contribution in [2.45, 2.75) is 6.61 Å². The fourth-order valence-corrected chi connectivity index (χ4v) is 2.31. The zero-order valence-corrected chi connectivity index (χ0v) is 13.6. The van der Waals surface area contributed by atoms with E-state index in [9.17, 15) is 13.6 Å². The molecule has 7 nitrogen and oxygen atoms in total. The summed E-state index contributed by atoms with van der Waals surface area (Å²) in [6.07, 6.45) is 2.88. The number of para-hydroxylation sites is 2. The lowest BCUT2D eigenvalue weighted by Crippen LogP contribution is -2.14. The average molecular weight is 360 g/mol. The molecule has 0 radical (unpaired) electrons. The van der Waals surface area contributed by atoms with E-state index in [1.165, 1.54) is 42.6 Å². The minimum absolute atomic E-state index is 0.0301. The van der Waals surface area contributed by atoms with E-state index in [-0.39, 0.29) is 17.1 Å².